The highest BCUT2D eigenvalue weighted by molar-refractivity contribution is 7.89. The van der Waals surface area contributed by atoms with Crippen LogP contribution in [-0.4, -0.2) is 38.9 Å². The Hall–Kier alpha value is -1.31. The van der Waals surface area contributed by atoms with Crippen LogP contribution in [-0.2, 0) is 14.8 Å². The molecule has 1 aromatic carbocycles. The molecule has 1 aromatic rings. The summed E-state index contributed by atoms with van der Waals surface area (Å²) in [5, 5.41) is 0.268. The number of carbonyl (C=O) groups is 1. The Bertz CT molecular complexity index is 618. The van der Waals surface area contributed by atoms with Gasteiger partial charge in [0.25, 0.3) is 0 Å². The zero-order valence-corrected chi connectivity index (χ0v) is 11.8. The van der Waals surface area contributed by atoms with Crippen LogP contribution in [0.25, 0.3) is 0 Å². The Morgan fingerprint density at radius 2 is 2.16 bits per heavy atom. The number of likely N-dealkylation sites (N-methyl/N-ethyl adjacent to an activating group) is 1. The minimum atomic E-state index is -3.86. The number of benzene rings is 1. The highest BCUT2D eigenvalue weighted by Crippen LogP contribution is 2.23. The maximum Gasteiger partial charge on any atom is 0.243 e. The minimum Gasteiger partial charge on any atom is -0.398 e. The number of anilines is 1. The van der Waals surface area contributed by atoms with Crippen molar-refractivity contribution in [1.82, 2.24) is 9.62 Å². The summed E-state index contributed by atoms with van der Waals surface area (Å²) in [6.45, 7) is 0.525. The predicted molar refractivity (Wildman–Crippen MR) is 72.2 cm³/mol. The summed E-state index contributed by atoms with van der Waals surface area (Å²) in [5.74, 6) is -0.246. The summed E-state index contributed by atoms with van der Waals surface area (Å²) in [6.07, 6.45) is 0.440. The molecule has 8 heteroatoms. The lowest BCUT2D eigenvalue weighted by Gasteiger charge is -2.14. The molecule has 0 saturated carbocycles. The molecule has 1 heterocycles. The number of nitrogen functional groups attached to an aromatic ring is 1. The summed E-state index contributed by atoms with van der Waals surface area (Å²) in [5.41, 5.74) is 5.73. The van der Waals surface area contributed by atoms with Crippen LogP contribution in [0, 0.1) is 0 Å². The summed E-state index contributed by atoms with van der Waals surface area (Å²) in [4.78, 5) is 13.1. The maximum atomic E-state index is 12.2. The second-order valence-electron chi connectivity index (χ2n) is 4.40. The van der Waals surface area contributed by atoms with Crippen LogP contribution in [0.1, 0.15) is 6.42 Å². The lowest BCUT2D eigenvalue weighted by molar-refractivity contribution is -0.127. The molecule has 0 aromatic heterocycles. The zero-order chi connectivity index (χ0) is 14.2. The molecule has 0 aliphatic carbocycles. The van der Waals surface area contributed by atoms with Crippen molar-refractivity contribution in [3.05, 3.63) is 23.2 Å². The molecule has 1 saturated heterocycles. The Kier molecular flexibility index (Phi) is 3.71. The normalized spacial score (nSPS) is 20.0. The molecule has 1 amide bonds. The molecule has 0 bridgehead atoms. The van der Waals surface area contributed by atoms with Crippen LogP contribution in [0.4, 0.5) is 5.69 Å². The van der Waals surface area contributed by atoms with Crippen LogP contribution in [0.5, 0.6) is 0 Å². The molecular formula is C11H14ClN3O3S. The van der Waals surface area contributed by atoms with Gasteiger partial charge in [-0.2, -0.15) is 4.72 Å². The first-order valence-corrected chi connectivity index (χ1v) is 7.50. The van der Waals surface area contributed by atoms with Gasteiger partial charge in [-0.25, -0.2) is 8.42 Å². The van der Waals surface area contributed by atoms with Crippen molar-refractivity contribution in [2.45, 2.75) is 17.4 Å². The molecular weight excluding hydrogens is 290 g/mol. The van der Waals surface area contributed by atoms with E-state index in [1.807, 2.05) is 0 Å². The van der Waals surface area contributed by atoms with Gasteiger partial charge in [0.15, 0.2) is 0 Å². The van der Waals surface area contributed by atoms with E-state index in [1.165, 1.54) is 23.1 Å². The summed E-state index contributed by atoms with van der Waals surface area (Å²) in [6, 6.07) is 3.44. The molecule has 0 radical (unpaired) electrons. The van der Waals surface area contributed by atoms with E-state index in [-0.39, 0.29) is 21.5 Å². The average molecular weight is 304 g/mol. The number of nitrogens with two attached hydrogens (primary N) is 1. The fourth-order valence-electron chi connectivity index (χ4n) is 1.92. The Labute approximate surface area is 116 Å². The van der Waals surface area contributed by atoms with Crippen molar-refractivity contribution in [3.8, 4) is 0 Å². The second kappa shape index (κ2) is 4.99. The molecule has 19 heavy (non-hydrogen) atoms. The monoisotopic (exact) mass is 303 g/mol. The van der Waals surface area contributed by atoms with Crippen LogP contribution in [0.2, 0.25) is 5.02 Å². The molecule has 6 nitrogen and oxygen atoms in total. The van der Waals surface area contributed by atoms with E-state index < -0.39 is 16.1 Å². The smallest absolute Gasteiger partial charge is 0.243 e. The van der Waals surface area contributed by atoms with E-state index in [0.717, 1.165) is 0 Å². The van der Waals surface area contributed by atoms with Crippen molar-refractivity contribution < 1.29 is 13.2 Å². The van der Waals surface area contributed by atoms with Gasteiger partial charge in [0.2, 0.25) is 15.9 Å². The third-order valence-corrected chi connectivity index (χ3v) is 4.75. The fraction of sp³-hybridized carbons (Fsp3) is 0.364. The molecule has 104 valence electrons. The number of amides is 1. The van der Waals surface area contributed by atoms with E-state index >= 15 is 0 Å². The van der Waals surface area contributed by atoms with Crippen molar-refractivity contribution in [3.63, 3.8) is 0 Å². The van der Waals surface area contributed by atoms with Gasteiger partial charge in [-0.1, -0.05) is 11.6 Å². The van der Waals surface area contributed by atoms with Gasteiger partial charge in [-0.05, 0) is 24.6 Å². The molecule has 1 atom stereocenters. The van der Waals surface area contributed by atoms with Crippen molar-refractivity contribution in [2.24, 2.45) is 0 Å². The van der Waals surface area contributed by atoms with Gasteiger partial charge in [0.05, 0.1) is 5.69 Å². The van der Waals surface area contributed by atoms with E-state index in [2.05, 4.69) is 4.72 Å². The highest BCUT2D eigenvalue weighted by atomic mass is 35.5. The third-order valence-electron chi connectivity index (χ3n) is 2.99. The van der Waals surface area contributed by atoms with Gasteiger partial charge in [0, 0.05) is 18.6 Å². The molecule has 1 unspecified atom stereocenters. The van der Waals surface area contributed by atoms with E-state index in [9.17, 15) is 13.2 Å². The standard InChI is InChI=1S/C11H14ClN3O3S/c1-15-5-4-9(11(15)16)14-19(17,18)10-6-7(12)2-3-8(10)13/h2-3,6,9,14H,4-5,13H2,1H3. The fourth-order valence-corrected chi connectivity index (χ4v) is 3.54. The zero-order valence-electron chi connectivity index (χ0n) is 10.3. The molecule has 1 aliphatic heterocycles. The Morgan fingerprint density at radius 3 is 2.74 bits per heavy atom. The summed E-state index contributed by atoms with van der Waals surface area (Å²) >= 11 is 5.77. The number of sulfonamides is 1. The molecule has 1 aliphatic rings. The van der Waals surface area contributed by atoms with Crippen LogP contribution >= 0.6 is 11.6 Å². The summed E-state index contributed by atoms with van der Waals surface area (Å²) < 4.78 is 26.7. The number of likely N-dealkylation sites (tertiary alicyclic amines) is 1. The SMILES string of the molecule is CN1CCC(NS(=O)(=O)c2cc(Cl)ccc2N)C1=O. The first-order chi connectivity index (χ1) is 8.81. The number of hydrogen-bond acceptors (Lipinski definition) is 4. The topological polar surface area (TPSA) is 92.5 Å². The molecule has 1 fully saturated rings. The molecule has 3 N–H and O–H groups in total. The second-order valence-corrected chi connectivity index (χ2v) is 6.52. The van der Waals surface area contributed by atoms with Crippen molar-refractivity contribution in [2.75, 3.05) is 19.3 Å². The van der Waals surface area contributed by atoms with Gasteiger partial charge < -0.3 is 10.6 Å². The Balaban J connectivity index is 2.28. The van der Waals surface area contributed by atoms with Crippen molar-refractivity contribution >= 4 is 33.2 Å². The van der Waals surface area contributed by atoms with Gasteiger partial charge in [0.1, 0.15) is 10.9 Å². The largest absolute Gasteiger partial charge is 0.398 e. The van der Waals surface area contributed by atoms with E-state index in [0.29, 0.717) is 13.0 Å². The lowest BCUT2D eigenvalue weighted by Crippen LogP contribution is -2.40. The number of hydrogen-bond donors (Lipinski definition) is 2. The predicted octanol–water partition coefficient (Wildman–Crippen LogP) is 0.431. The average Bonchev–Trinajstić information content (AvgIpc) is 2.63. The Morgan fingerprint density at radius 1 is 1.47 bits per heavy atom. The van der Waals surface area contributed by atoms with Crippen LogP contribution in [0.15, 0.2) is 23.1 Å². The summed E-state index contributed by atoms with van der Waals surface area (Å²) in [7, 11) is -2.23. The van der Waals surface area contributed by atoms with Crippen LogP contribution in [0.3, 0.4) is 0 Å². The third kappa shape index (κ3) is 2.83. The quantitative estimate of drug-likeness (QED) is 0.792. The lowest BCUT2D eigenvalue weighted by atomic mass is 10.3. The van der Waals surface area contributed by atoms with Crippen LogP contribution < -0.4 is 10.5 Å². The number of carbonyl (C=O) groups excluding carboxylic acids is 1. The van der Waals surface area contributed by atoms with E-state index in [4.69, 9.17) is 17.3 Å². The van der Waals surface area contributed by atoms with Crippen molar-refractivity contribution in [1.29, 1.82) is 0 Å². The molecule has 2 rings (SSSR count). The van der Waals surface area contributed by atoms with Gasteiger partial charge in [-0.3, -0.25) is 4.79 Å². The highest BCUT2D eigenvalue weighted by Gasteiger charge is 2.33. The number of halogens is 1. The van der Waals surface area contributed by atoms with Gasteiger partial charge >= 0.3 is 0 Å². The maximum absolute atomic E-state index is 12.2. The number of rotatable bonds is 3. The minimum absolute atomic E-state index is 0.0932. The van der Waals surface area contributed by atoms with Gasteiger partial charge in [-0.15, -0.1) is 0 Å². The molecule has 0 spiro atoms. The number of nitrogens with one attached hydrogen (secondary N) is 1. The first-order valence-electron chi connectivity index (χ1n) is 5.63. The first kappa shape index (κ1) is 14.1. The number of nitrogens with zero attached hydrogens (tertiary/aromatic N) is 1. The van der Waals surface area contributed by atoms with E-state index in [1.54, 1.807) is 7.05 Å².